The highest BCUT2D eigenvalue weighted by molar-refractivity contribution is 5.78. The lowest BCUT2D eigenvalue weighted by Crippen LogP contribution is -2.24. The van der Waals surface area contributed by atoms with Crippen LogP contribution in [0.5, 0.6) is 0 Å². The van der Waals surface area contributed by atoms with Gasteiger partial charge in [0.2, 0.25) is 0 Å². The fourth-order valence-corrected chi connectivity index (χ4v) is 2.16. The molecular weight excluding hydrogens is 255 g/mol. The quantitative estimate of drug-likeness (QED) is 0.728. The van der Waals surface area contributed by atoms with Gasteiger partial charge >= 0.3 is 6.18 Å². The Labute approximate surface area is 113 Å². The maximum atomic E-state index is 12.0. The first-order valence-corrected chi connectivity index (χ1v) is 6.85. The molecule has 0 fully saturated rings. The zero-order chi connectivity index (χ0) is 15.1. The van der Waals surface area contributed by atoms with Gasteiger partial charge in [0.15, 0.2) is 0 Å². The molecule has 0 saturated heterocycles. The maximum Gasteiger partial charge on any atom is 0.389 e. The normalized spacial score (nSPS) is 14.5. The van der Waals surface area contributed by atoms with Gasteiger partial charge in [-0.15, -0.1) is 0 Å². The Balaban J connectivity index is 3.99. The molecule has 0 aliphatic rings. The van der Waals surface area contributed by atoms with Crippen LogP contribution in [0.15, 0.2) is 0 Å². The minimum atomic E-state index is -4.16. The summed E-state index contributed by atoms with van der Waals surface area (Å²) in [7, 11) is 0. The summed E-state index contributed by atoms with van der Waals surface area (Å²) in [6, 6.07) is 0. The van der Waals surface area contributed by atoms with Crippen molar-refractivity contribution >= 4 is 5.78 Å². The van der Waals surface area contributed by atoms with Crippen LogP contribution in [0.3, 0.4) is 0 Å². The summed E-state index contributed by atoms with van der Waals surface area (Å²) in [6.07, 6.45) is -3.18. The van der Waals surface area contributed by atoms with Crippen molar-refractivity contribution in [1.29, 1.82) is 0 Å². The van der Waals surface area contributed by atoms with E-state index in [0.717, 1.165) is 6.42 Å². The number of hydrogen-bond acceptors (Lipinski definition) is 2. The number of hydrogen-bond donors (Lipinski definition) is 1. The largest absolute Gasteiger partial charge is 0.389 e. The van der Waals surface area contributed by atoms with E-state index in [2.05, 4.69) is 20.8 Å². The van der Waals surface area contributed by atoms with Crippen LogP contribution in [0, 0.1) is 11.3 Å². The number of rotatable bonds is 8. The van der Waals surface area contributed by atoms with E-state index < -0.39 is 12.6 Å². The van der Waals surface area contributed by atoms with Crippen molar-refractivity contribution < 1.29 is 18.0 Å². The minimum absolute atomic E-state index is 0.0268. The molecule has 0 bridgehead atoms. The Hall–Kier alpha value is -0.580. The van der Waals surface area contributed by atoms with Gasteiger partial charge in [0.05, 0.1) is 0 Å². The van der Waals surface area contributed by atoms with Crippen LogP contribution in [0.4, 0.5) is 13.2 Å². The summed E-state index contributed by atoms with van der Waals surface area (Å²) in [5.74, 6) is 0.264. The smallest absolute Gasteiger partial charge is 0.330 e. The summed E-state index contributed by atoms with van der Waals surface area (Å²) in [4.78, 5) is 11.6. The summed E-state index contributed by atoms with van der Waals surface area (Å²) >= 11 is 0. The van der Waals surface area contributed by atoms with E-state index in [-0.39, 0.29) is 24.0 Å². The van der Waals surface area contributed by atoms with E-state index in [1.165, 1.54) is 0 Å². The van der Waals surface area contributed by atoms with Crippen molar-refractivity contribution in [2.24, 2.45) is 17.1 Å². The van der Waals surface area contributed by atoms with E-state index in [1.807, 2.05) is 0 Å². The topological polar surface area (TPSA) is 43.1 Å². The summed E-state index contributed by atoms with van der Waals surface area (Å²) in [6.45, 7) is 6.87. The zero-order valence-electron chi connectivity index (χ0n) is 12.1. The van der Waals surface area contributed by atoms with Gasteiger partial charge in [-0.25, -0.2) is 0 Å². The van der Waals surface area contributed by atoms with Gasteiger partial charge in [-0.3, -0.25) is 4.79 Å². The number of ketones is 1. The summed E-state index contributed by atoms with van der Waals surface area (Å²) < 4.78 is 35.9. The maximum absolute atomic E-state index is 12.0. The van der Waals surface area contributed by atoms with Gasteiger partial charge < -0.3 is 5.73 Å². The van der Waals surface area contributed by atoms with Crippen molar-refractivity contribution in [3.8, 4) is 0 Å². The third-order valence-electron chi connectivity index (χ3n) is 3.43. The Morgan fingerprint density at radius 2 is 1.68 bits per heavy atom. The van der Waals surface area contributed by atoms with E-state index in [4.69, 9.17) is 5.73 Å². The van der Waals surface area contributed by atoms with Crippen LogP contribution in [-0.2, 0) is 4.79 Å². The molecule has 0 aromatic carbocycles. The third kappa shape index (κ3) is 9.93. The molecule has 0 aliphatic heterocycles. The molecule has 1 atom stereocenters. The number of nitrogens with two attached hydrogens (primary N) is 1. The molecule has 0 saturated carbocycles. The fourth-order valence-electron chi connectivity index (χ4n) is 2.16. The molecule has 114 valence electrons. The van der Waals surface area contributed by atoms with Crippen LogP contribution in [-0.4, -0.2) is 18.5 Å². The van der Waals surface area contributed by atoms with Crippen LogP contribution in [0.25, 0.3) is 0 Å². The van der Waals surface area contributed by atoms with Gasteiger partial charge in [0.1, 0.15) is 5.78 Å². The van der Waals surface area contributed by atoms with Gasteiger partial charge in [0, 0.05) is 19.3 Å². The zero-order valence-corrected chi connectivity index (χ0v) is 12.1. The number of Topliss-reactive ketones (excluding diaryl/α,β-unsaturated/α-hetero) is 1. The van der Waals surface area contributed by atoms with Crippen molar-refractivity contribution in [3.63, 3.8) is 0 Å². The number of carbonyl (C=O) groups excluding carboxylic acids is 1. The van der Waals surface area contributed by atoms with Crippen molar-refractivity contribution in [1.82, 2.24) is 0 Å². The van der Waals surface area contributed by atoms with Crippen molar-refractivity contribution in [2.45, 2.75) is 65.5 Å². The number of carbonyl (C=O) groups is 1. The van der Waals surface area contributed by atoms with Gasteiger partial charge in [-0.2, -0.15) is 13.2 Å². The summed E-state index contributed by atoms with van der Waals surface area (Å²) in [5.41, 5.74) is 5.63. The average molecular weight is 281 g/mol. The van der Waals surface area contributed by atoms with Crippen LogP contribution in [0.2, 0.25) is 0 Å². The Morgan fingerprint density at radius 3 is 2.11 bits per heavy atom. The summed E-state index contributed by atoms with van der Waals surface area (Å²) in [5, 5.41) is 0. The van der Waals surface area contributed by atoms with E-state index in [9.17, 15) is 18.0 Å². The molecular formula is C14H26F3NO. The van der Waals surface area contributed by atoms with Gasteiger partial charge in [0.25, 0.3) is 0 Å². The van der Waals surface area contributed by atoms with E-state index >= 15 is 0 Å². The highest BCUT2D eigenvalue weighted by atomic mass is 19.4. The average Bonchev–Trinajstić information content (AvgIpc) is 2.20. The highest BCUT2D eigenvalue weighted by Crippen LogP contribution is 2.32. The molecule has 5 heteroatoms. The molecule has 0 aliphatic carbocycles. The number of alkyl halides is 3. The molecule has 2 nitrogen and oxygen atoms in total. The molecule has 0 spiro atoms. The molecule has 0 heterocycles. The van der Waals surface area contributed by atoms with Crippen LogP contribution in [0.1, 0.15) is 59.3 Å². The molecule has 19 heavy (non-hydrogen) atoms. The first-order valence-electron chi connectivity index (χ1n) is 6.85. The van der Waals surface area contributed by atoms with Gasteiger partial charge in [-0.05, 0) is 37.1 Å². The second-order valence-corrected chi connectivity index (χ2v) is 6.19. The molecule has 0 aromatic heterocycles. The standard InChI is InChI=1S/C14H26F3NO/c1-13(2,3)11(8-10-18)6-7-12(19)5-4-9-14(15,16)17/h11H,4-10,18H2,1-3H3. The van der Waals surface area contributed by atoms with E-state index in [0.29, 0.717) is 25.3 Å². The molecule has 0 rings (SSSR count). The minimum Gasteiger partial charge on any atom is -0.330 e. The molecule has 0 aromatic rings. The van der Waals surface area contributed by atoms with Gasteiger partial charge in [-0.1, -0.05) is 20.8 Å². The first-order chi connectivity index (χ1) is 8.56. The fraction of sp³-hybridized carbons (Fsp3) is 0.929. The molecule has 0 amide bonds. The second kappa shape index (κ2) is 7.88. The second-order valence-electron chi connectivity index (χ2n) is 6.19. The Kier molecular flexibility index (Phi) is 7.64. The predicted octanol–water partition coefficient (Wildman–Crippen LogP) is 4.08. The third-order valence-corrected chi connectivity index (χ3v) is 3.43. The Bertz CT molecular complexity index is 269. The van der Waals surface area contributed by atoms with Crippen LogP contribution < -0.4 is 5.73 Å². The molecule has 1 unspecified atom stereocenters. The lowest BCUT2D eigenvalue weighted by Gasteiger charge is -2.30. The van der Waals surface area contributed by atoms with Crippen molar-refractivity contribution in [3.05, 3.63) is 0 Å². The predicted molar refractivity (Wildman–Crippen MR) is 70.8 cm³/mol. The SMILES string of the molecule is CC(C)(C)C(CCN)CCC(=O)CCCC(F)(F)F. The number of halogens is 3. The molecule has 0 radical (unpaired) electrons. The lowest BCUT2D eigenvalue weighted by molar-refractivity contribution is -0.137. The Morgan fingerprint density at radius 1 is 1.11 bits per heavy atom. The lowest BCUT2D eigenvalue weighted by atomic mass is 9.76. The highest BCUT2D eigenvalue weighted by Gasteiger charge is 2.27. The molecule has 2 N–H and O–H groups in total. The monoisotopic (exact) mass is 281 g/mol. The van der Waals surface area contributed by atoms with Crippen molar-refractivity contribution in [2.75, 3.05) is 6.54 Å². The van der Waals surface area contributed by atoms with Crippen LogP contribution >= 0.6 is 0 Å². The first kappa shape index (κ1) is 18.4. The van der Waals surface area contributed by atoms with E-state index in [1.54, 1.807) is 0 Å².